The van der Waals surface area contributed by atoms with E-state index < -0.39 is 31.2 Å². The predicted molar refractivity (Wildman–Crippen MR) is 200 cm³/mol. The van der Waals surface area contributed by atoms with E-state index in [1.54, 1.807) is 47.6 Å². The van der Waals surface area contributed by atoms with Crippen LogP contribution in [0.2, 0.25) is 0 Å². The molecule has 4 aromatic rings. The molecule has 2 aromatic carbocycles. The Kier molecular flexibility index (Phi) is 13.1. The van der Waals surface area contributed by atoms with Crippen molar-refractivity contribution in [3.05, 3.63) is 77.8 Å². The maximum Gasteiger partial charge on any atom is 0.475 e. The molecule has 53 heavy (non-hydrogen) atoms. The minimum absolute atomic E-state index is 0.129. The van der Waals surface area contributed by atoms with Crippen LogP contribution < -0.4 is 19.7 Å². The number of carbonyl (C=O) groups excluding carboxylic acids is 1. The number of nitrogens with one attached hydrogen (secondary N) is 1. The molecule has 0 saturated carbocycles. The highest BCUT2D eigenvalue weighted by Gasteiger charge is 2.37. The molecule has 3 heterocycles. The second kappa shape index (κ2) is 17.4. The molecule has 0 radical (unpaired) electrons. The van der Waals surface area contributed by atoms with Gasteiger partial charge < -0.3 is 19.4 Å². The number of rotatable bonds is 15. The van der Waals surface area contributed by atoms with Gasteiger partial charge in [0.15, 0.2) is 24.4 Å². The van der Waals surface area contributed by atoms with Gasteiger partial charge >= 0.3 is 7.82 Å². The zero-order chi connectivity index (χ0) is 38.2. The third kappa shape index (κ3) is 11.4. The number of ether oxygens (including phenoxy) is 3. The van der Waals surface area contributed by atoms with Crippen LogP contribution in [-0.2, 0) is 27.7 Å². The van der Waals surface area contributed by atoms with E-state index in [0.29, 0.717) is 59.4 Å². The number of hydrogen-bond acceptors (Lipinski definition) is 11. The molecule has 0 aliphatic carbocycles. The highest BCUT2D eigenvalue weighted by molar-refractivity contribution is 7.48. The number of pyridine rings is 2. The summed E-state index contributed by atoms with van der Waals surface area (Å²) in [5.74, 6) is 0.351. The van der Waals surface area contributed by atoms with Crippen molar-refractivity contribution >= 4 is 24.6 Å². The molecular formula is C39H50N3O10P. The summed E-state index contributed by atoms with van der Waals surface area (Å²) >= 11 is 0. The summed E-state index contributed by atoms with van der Waals surface area (Å²) in [4.78, 5) is 23.9. The first kappa shape index (κ1) is 40.1. The second-order valence-electron chi connectivity index (χ2n) is 14.7. The largest absolute Gasteiger partial charge is 0.619 e. The minimum atomic E-state index is -3.74. The molecule has 1 saturated heterocycles. The average Bonchev–Trinajstić information content (AvgIpc) is 3.10. The molecule has 1 fully saturated rings. The Labute approximate surface area is 311 Å². The quantitative estimate of drug-likeness (QED) is 0.0411. The molecule has 286 valence electrons. The van der Waals surface area contributed by atoms with Crippen LogP contribution in [0.4, 0.5) is 0 Å². The first-order valence-electron chi connectivity index (χ1n) is 17.8. The van der Waals surface area contributed by atoms with Crippen LogP contribution >= 0.6 is 7.82 Å². The van der Waals surface area contributed by atoms with Crippen LogP contribution in [0.3, 0.4) is 0 Å². The van der Waals surface area contributed by atoms with Crippen LogP contribution in [0.5, 0.6) is 11.5 Å². The topological polar surface area (TPSA) is 151 Å². The standard InChI is InChI=1S/C39H50N3O10P/c1-38(2,3)51-53(45,52-39(4,5)6)49-25-11-10-23-47-30-19-17-28(18-20-30)27-13-15-29(16-14-27)35-36(46-7)34(31-26-42(44)22-21-32(31)40-35)37(43)41-50-33-12-8-9-24-48-33/h13-22,26,33H,8-12,23-25H2,1-7H3,(H,41,43). The fourth-order valence-corrected chi connectivity index (χ4v) is 7.48. The molecule has 2 aromatic heterocycles. The van der Waals surface area contributed by atoms with Gasteiger partial charge in [0.05, 0.1) is 42.4 Å². The number of carbonyl (C=O) groups is 1. The fraction of sp³-hybridized carbons (Fsp3) is 0.462. The van der Waals surface area contributed by atoms with Crippen molar-refractivity contribution in [1.82, 2.24) is 10.5 Å². The van der Waals surface area contributed by atoms with E-state index in [9.17, 15) is 14.6 Å². The van der Waals surface area contributed by atoms with Crippen molar-refractivity contribution in [2.45, 2.75) is 91.1 Å². The van der Waals surface area contributed by atoms with Crippen molar-refractivity contribution < 1.29 is 46.7 Å². The summed E-state index contributed by atoms with van der Waals surface area (Å²) < 4.78 is 48.0. The number of unbranched alkanes of at least 4 members (excludes halogenated alkanes) is 1. The lowest BCUT2D eigenvalue weighted by molar-refractivity contribution is -0.603. The maximum absolute atomic E-state index is 13.5. The number of nitrogens with zero attached hydrogens (tertiary/aromatic N) is 2. The lowest BCUT2D eigenvalue weighted by atomic mass is 10.00. The number of fused-ring (bicyclic) bond motifs is 1. The van der Waals surface area contributed by atoms with Crippen LogP contribution in [0, 0.1) is 5.21 Å². The van der Waals surface area contributed by atoms with Gasteiger partial charge in [0.1, 0.15) is 17.0 Å². The number of aromatic nitrogens is 2. The lowest BCUT2D eigenvalue weighted by Crippen LogP contribution is -2.34. The number of methoxy groups -OCH3 is 1. The Hall–Kier alpha value is -4.10. The first-order valence-corrected chi connectivity index (χ1v) is 19.3. The Morgan fingerprint density at radius 3 is 2.15 bits per heavy atom. The molecule has 0 bridgehead atoms. The fourth-order valence-electron chi connectivity index (χ4n) is 5.64. The number of phosphoric acid groups is 1. The van der Waals surface area contributed by atoms with E-state index in [0.717, 1.165) is 29.7 Å². The zero-order valence-corrected chi connectivity index (χ0v) is 32.4. The molecule has 1 N–H and O–H groups in total. The Morgan fingerprint density at radius 1 is 0.925 bits per heavy atom. The summed E-state index contributed by atoms with van der Waals surface area (Å²) in [6.07, 6.45) is 5.90. The van der Waals surface area contributed by atoms with Crippen molar-refractivity contribution in [3.8, 4) is 33.9 Å². The van der Waals surface area contributed by atoms with Gasteiger partial charge in [0.25, 0.3) is 5.91 Å². The third-order valence-corrected chi connectivity index (χ3v) is 9.92. The van der Waals surface area contributed by atoms with E-state index in [1.165, 1.54) is 19.5 Å². The van der Waals surface area contributed by atoms with Crippen LogP contribution in [0.15, 0.2) is 67.0 Å². The van der Waals surface area contributed by atoms with Gasteiger partial charge in [-0.3, -0.25) is 18.4 Å². The highest BCUT2D eigenvalue weighted by Crippen LogP contribution is 2.55. The molecule has 0 spiro atoms. The van der Waals surface area contributed by atoms with Crippen molar-refractivity contribution in [3.63, 3.8) is 0 Å². The Balaban J connectivity index is 1.22. The Bertz CT molecular complexity index is 1860. The third-order valence-electron chi connectivity index (χ3n) is 7.88. The monoisotopic (exact) mass is 751 g/mol. The number of benzene rings is 2. The van der Waals surface area contributed by atoms with Crippen LogP contribution in [-0.4, -0.2) is 55.3 Å². The smallest absolute Gasteiger partial charge is 0.475 e. The highest BCUT2D eigenvalue weighted by atomic mass is 31.2. The normalized spacial score (nSPS) is 15.3. The van der Waals surface area contributed by atoms with E-state index in [-0.39, 0.29) is 17.9 Å². The van der Waals surface area contributed by atoms with Crippen LogP contribution in [0.1, 0.15) is 84.0 Å². The number of amides is 1. The van der Waals surface area contributed by atoms with Crippen molar-refractivity contribution in [1.29, 1.82) is 0 Å². The molecule has 14 heteroatoms. The molecule has 13 nitrogen and oxygen atoms in total. The maximum atomic E-state index is 13.5. The van der Waals surface area contributed by atoms with E-state index in [2.05, 4.69) is 5.48 Å². The molecule has 5 rings (SSSR count). The van der Waals surface area contributed by atoms with Gasteiger partial charge in [-0.15, -0.1) is 0 Å². The van der Waals surface area contributed by atoms with Gasteiger partial charge in [-0.05, 0) is 90.5 Å². The zero-order valence-electron chi connectivity index (χ0n) is 31.5. The summed E-state index contributed by atoms with van der Waals surface area (Å²) in [7, 11) is -2.28. The lowest BCUT2D eigenvalue weighted by Gasteiger charge is -2.30. The SMILES string of the molecule is COc1c(-c2ccc(-c3ccc(OCCCCOP(=O)(OC(C)(C)C)OC(C)(C)C)cc3)cc2)nc2cc[n+]([O-])cc2c1C(=O)NOC1CCCCO1. The molecule has 1 amide bonds. The molecular weight excluding hydrogens is 701 g/mol. The minimum Gasteiger partial charge on any atom is -0.619 e. The molecule has 1 atom stereocenters. The summed E-state index contributed by atoms with van der Waals surface area (Å²) in [5, 5.41) is 12.6. The molecule has 1 unspecified atom stereocenters. The number of phosphoric ester groups is 1. The van der Waals surface area contributed by atoms with Gasteiger partial charge in [-0.1, -0.05) is 36.4 Å². The van der Waals surface area contributed by atoms with Gasteiger partial charge in [-0.25, -0.2) is 19.9 Å². The van der Waals surface area contributed by atoms with Gasteiger partial charge in [0.2, 0.25) is 0 Å². The summed E-state index contributed by atoms with van der Waals surface area (Å²) in [6.45, 7) is 12.1. The summed E-state index contributed by atoms with van der Waals surface area (Å²) in [6, 6.07) is 17.1. The number of hydroxylamine groups is 1. The molecule has 1 aliphatic rings. The van der Waals surface area contributed by atoms with E-state index in [4.69, 9.17) is 37.6 Å². The van der Waals surface area contributed by atoms with E-state index in [1.807, 2.05) is 48.5 Å². The summed E-state index contributed by atoms with van der Waals surface area (Å²) in [5.41, 5.74) is 4.79. The second-order valence-corrected chi connectivity index (χ2v) is 16.2. The average molecular weight is 752 g/mol. The van der Waals surface area contributed by atoms with Gasteiger partial charge in [-0.2, -0.15) is 4.73 Å². The first-order chi connectivity index (χ1) is 25.1. The number of hydrogen-bond donors (Lipinski definition) is 1. The van der Waals surface area contributed by atoms with Crippen LogP contribution in [0.25, 0.3) is 33.3 Å². The van der Waals surface area contributed by atoms with Gasteiger partial charge in [0, 0.05) is 24.7 Å². The Morgan fingerprint density at radius 2 is 1.55 bits per heavy atom. The van der Waals surface area contributed by atoms with Crippen molar-refractivity contribution in [2.24, 2.45) is 0 Å². The molecule has 1 aliphatic heterocycles. The van der Waals surface area contributed by atoms with E-state index >= 15 is 0 Å². The van der Waals surface area contributed by atoms with Crippen molar-refractivity contribution in [2.75, 3.05) is 26.9 Å². The predicted octanol–water partition coefficient (Wildman–Crippen LogP) is 8.31.